The van der Waals surface area contributed by atoms with Crippen LogP contribution in [0.3, 0.4) is 0 Å². The van der Waals surface area contributed by atoms with Gasteiger partial charge in [0, 0.05) is 17.8 Å². The number of hydrogen-bond donors (Lipinski definition) is 2. The molecule has 8 nitrogen and oxygen atoms in total. The summed E-state index contributed by atoms with van der Waals surface area (Å²) in [6.07, 6.45) is -4.26. The molecule has 2 amide bonds. The molecule has 0 spiro atoms. The molecule has 0 radical (unpaired) electrons. The summed E-state index contributed by atoms with van der Waals surface area (Å²) >= 11 is 1.17. The Labute approximate surface area is 187 Å². The number of ether oxygens (including phenoxy) is 2. The molecule has 11 heteroatoms. The normalized spacial score (nSPS) is 15.2. The van der Waals surface area contributed by atoms with Crippen molar-refractivity contribution in [2.24, 2.45) is 0 Å². The van der Waals surface area contributed by atoms with Gasteiger partial charge in [-0.1, -0.05) is 26.0 Å². The molecule has 3 heterocycles. The summed E-state index contributed by atoms with van der Waals surface area (Å²) in [5, 5.41) is 21.7. The number of hydrogen-bond acceptors (Lipinski definition) is 6. The third kappa shape index (κ3) is 4.75. The van der Waals surface area contributed by atoms with E-state index in [1.807, 2.05) is 13.8 Å². The van der Waals surface area contributed by atoms with Crippen LogP contribution in [-0.2, 0) is 24.2 Å². The van der Waals surface area contributed by atoms with Crippen molar-refractivity contribution >= 4 is 28.3 Å². The van der Waals surface area contributed by atoms with Gasteiger partial charge in [0.2, 0.25) is 5.91 Å². The molecule has 170 valence electrons. The maximum atomic E-state index is 13.3. The van der Waals surface area contributed by atoms with Gasteiger partial charge >= 0.3 is 12.4 Å². The molecule has 0 saturated carbocycles. The van der Waals surface area contributed by atoms with Crippen LogP contribution in [0.25, 0.3) is 0 Å². The second-order valence-electron chi connectivity index (χ2n) is 6.73. The number of carboxylic acid groups (broad SMARTS) is 1. The fourth-order valence-electron chi connectivity index (χ4n) is 3.43. The average Bonchev–Trinajstić information content (AvgIpc) is 3.27. The van der Waals surface area contributed by atoms with E-state index in [2.05, 4.69) is 20.9 Å². The monoisotopic (exact) mass is 465 g/mol. The zero-order chi connectivity index (χ0) is 23.5. The minimum absolute atomic E-state index is 0.0277. The van der Waals surface area contributed by atoms with Crippen molar-refractivity contribution in [1.82, 2.24) is 4.90 Å². The van der Waals surface area contributed by atoms with Crippen molar-refractivity contribution in [3.05, 3.63) is 39.8 Å². The molecule has 1 aromatic heterocycles. The molecule has 0 atom stereocenters. The molecular formula is C21H21F2N3O5S. The predicted octanol–water partition coefficient (Wildman–Crippen LogP) is 4.57. The van der Waals surface area contributed by atoms with Crippen molar-refractivity contribution < 1.29 is 33.0 Å². The number of aryl methyl sites for hydroxylation is 1. The first kappa shape index (κ1) is 23.3. The molecule has 1 aromatic carbocycles. The van der Waals surface area contributed by atoms with Gasteiger partial charge in [-0.3, -0.25) is 4.79 Å². The number of halogens is 2. The maximum absolute atomic E-state index is 13.3. The smallest absolute Gasteiger partial charge is 0.465 e. The second-order valence-corrected chi connectivity index (χ2v) is 7.84. The van der Waals surface area contributed by atoms with Gasteiger partial charge < -0.3 is 24.8 Å². The number of alkyl halides is 2. The number of nitriles is 1. The average molecular weight is 465 g/mol. The van der Waals surface area contributed by atoms with Crippen molar-refractivity contribution in [3.63, 3.8) is 0 Å². The lowest BCUT2D eigenvalue weighted by Crippen LogP contribution is -2.34. The van der Waals surface area contributed by atoms with Crippen LogP contribution in [0.15, 0.2) is 18.2 Å². The quantitative estimate of drug-likeness (QED) is 0.684. The van der Waals surface area contributed by atoms with E-state index in [1.54, 1.807) is 6.07 Å². The molecule has 32 heavy (non-hydrogen) atoms. The highest BCUT2D eigenvalue weighted by atomic mass is 32.1. The molecule has 0 aliphatic carbocycles. The van der Waals surface area contributed by atoms with E-state index in [9.17, 15) is 23.6 Å². The predicted molar refractivity (Wildman–Crippen MR) is 112 cm³/mol. The lowest BCUT2D eigenvalue weighted by Gasteiger charge is -2.23. The van der Waals surface area contributed by atoms with Gasteiger partial charge in [0.25, 0.3) is 0 Å². The fourth-order valence-corrected chi connectivity index (χ4v) is 4.66. The summed E-state index contributed by atoms with van der Waals surface area (Å²) in [5.41, 5.74) is 1.50. The minimum atomic E-state index is -3.73. The zero-order valence-corrected chi connectivity index (χ0v) is 18.2. The van der Waals surface area contributed by atoms with E-state index in [-0.39, 0.29) is 37.4 Å². The van der Waals surface area contributed by atoms with E-state index in [4.69, 9.17) is 5.11 Å². The van der Waals surface area contributed by atoms with E-state index >= 15 is 0 Å². The first-order valence-electron chi connectivity index (χ1n) is 9.97. The Balaban J connectivity index is 0.00000141. The number of fused-ring (bicyclic) bond motifs is 2. The van der Waals surface area contributed by atoms with E-state index in [0.717, 1.165) is 10.4 Å². The first-order chi connectivity index (χ1) is 15.3. The van der Waals surface area contributed by atoms with Gasteiger partial charge in [-0.25, -0.2) is 4.79 Å². The van der Waals surface area contributed by atoms with Crippen LogP contribution in [0.1, 0.15) is 41.8 Å². The number of benzene rings is 1. The third-order valence-electron chi connectivity index (χ3n) is 4.82. The Morgan fingerprint density at radius 2 is 2.09 bits per heavy atom. The summed E-state index contributed by atoms with van der Waals surface area (Å²) in [5.74, 6) is -0.574. The van der Waals surface area contributed by atoms with Gasteiger partial charge in [-0.2, -0.15) is 5.26 Å². The summed E-state index contributed by atoms with van der Waals surface area (Å²) < 4.78 is 35.5. The van der Waals surface area contributed by atoms with Gasteiger partial charge in [0.05, 0.1) is 12.1 Å². The zero-order valence-electron chi connectivity index (χ0n) is 17.4. The van der Waals surface area contributed by atoms with Crippen molar-refractivity contribution in [3.8, 4) is 17.6 Å². The molecule has 0 unspecified atom stereocenters. The summed E-state index contributed by atoms with van der Waals surface area (Å²) in [6, 6.07) is 6.54. The maximum Gasteiger partial charge on any atom is 0.586 e. The summed E-state index contributed by atoms with van der Waals surface area (Å²) in [7, 11) is 0. The van der Waals surface area contributed by atoms with Crippen LogP contribution in [0, 0.1) is 11.3 Å². The van der Waals surface area contributed by atoms with Crippen LogP contribution in [0.4, 0.5) is 18.6 Å². The van der Waals surface area contributed by atoms with Gasteiger partial charge in [-0.05, 0) is 30.0 Å². The highest BCUT2D eigenvalue weighted by Crippen LogP contribution is 2.43. The van der Waals surface area contributed by atoms with Crippen LogP contribution in [0.5, 0.6) is 11.5 Å². The molecule has 2 aliphatic heterocycles. The van der Waals surface area contributed by atoms with Gasteiger partial charge in [0.15, 0.2) is 11.5 Å². The summed E-state index contributed by atoms with van der Waals surface area (Å²) in [6.45, 7) is 4.45. The van der Waals surface area contributed by atoms with Gasteiger partial charge in [0.1, 0.15) is 11.1 Å². The van der Waals surface area contributed by atoms with Crippen molar-refractivity contribution in [1.29, 1.82) is 5.26 Å². The molecular weight excluding hydrogens is 444 g/mol. The molecule has 2 aliphatic rings. The molecule has 2 N–H and O–H groups in total. The van der Waals surface area contributed by atoms with Crippen LogP contribution < -0.4 is 14.8 Å². The lowest BCUT2D eigenvalue weighted by molar-refractivity contribution is -0.286. The molecule has 0 fully saturated rings. The highest BCUT2D eigenvalue weighted by Gasteiger charge is 2.44. The van der Waals surface area contributed by atoms with Crippen LogP contribution >= 0.6 is 11.3 Å². The lowest BCUT2D eigenvalue weighted by atomic mass is 10.0. The Bertz CT molecular complexity index is 1080. The van der Waals surface area contributed by atoms with Crippen LogP contribution in [-0.4, -0.2) is 34.8 Å². The minimum Gasteiger partial charge on any atom is -0.465 e. The Kier molecular flexibility index (Phi) is 6.84. The standard InChI is InChI=1S/C19H15F2N3O5S.C2H6/c20-19(21)28-13-3-1-2-10(16(13)29-19)4-5-15(25)23-17-12(8-22)11-6-7-24(18(26)27)9-14(11)30-17;1-2/h1-3H,4-7,9H2,(H,23,25)(H,26,27);1-2H3. The SMILES string of the molecule is CC.N#Cc1c(NC(=O)CCc2cccc3c2OC(F)(F)O3)sc2c1CCN(C(=O)O)C2. The molecule has 2 aromatic rings. The Morgan fingerprint density at radius 3 is 2.78 bits per heavy atom. The fraction of sp³-hybridized carbons (Fsp3) is 0.381. The van der Waals surface area contributed by atoms with E-state index in [0.29, 0.717) is 22.5 Å². The number of para-hydroxylation sites is 1. The number of carbonyl (C=O) groups is 2. The van der Waals surface area contributed by atoms with E-state index in [1.165, 1.54) is 28.4 Å². The molecule has 0 bridgehead atoms. The topological polar surface area (TPSA) is 112 Å². The van der Waals surface area contributed by atoms with Crippen molar-refractivity contribution in [2.75, 3.05) is 11.9 Å². The summed E-state index contributed by atoms with van der Waals surface area (Å²) in [4.78, 5) is 25.6. The number of nitrogens with one attached hydrogen (secondary N) is 1. The molecule has 4 rings (SSSR count). The number of amides is 2. The second kappa shape index (κ2) is 9.40. The highest BCUT2D eigenvalue weighted by molar-refractivity contribution is 7.16. The number of rotatable bonds is 4. The van der Waals surface area contributed by atoms with Crippen molar-refractivity contribution in [2.45, 2.75) is 45.9 Å². The van der Waals surface area contributed by atoms with Crippen LogP contribution in [0.2, 0.25) is 0 Å². The third-order valence-corrected chi connectivity index (χ3v) is 5.96. The first-order valence-corrected chi connectivity index (χ1v) is 10.8. The van der Waals surface area contributed by atoms with E-state index < -0.39 is 18.3 Å². The molecule has 0 saturated heterocycles. The Morgan fingerprint density at radius 1 is 1.34 bits per heavy atom. The number of nitrogens with zero attached hydrogens (tertiary/aromatic N) is 2. The largest absolute Gasteiger partial charge is 0.586 e. The number of anilines is 1. The number of carbonyl (C=O) groups excluding carboxylic acids is 1. The number of thiophene rings is 1. The Hall–Kier alpha value is -3.39. The van der Waals surface area contributed by atoms with Gasteiger partial charge in [-0.15, -0.1) is 20.1 Å².